The van der Waals surface area contributed by atoms with Gasteiger partial charge in [-0.1, -0.05) is 24.3 Å². The summed E-state index contributed by atoms with van der Waals surface area (Å²) in [6.07, 6.45) is 0.934. The van der Waals surface area contributed by atoms with Crippen LogP contribution in [-0.4, -0.2) is 27.4 Å². The Morgan fingerprint density at radius 3 is 2.74 bits per heavy atom. The summed E-state index contributed by atoms with van der Waals surface area (Å²) in [4.78, 5) is 11.4. The van der Waals surface area contributed by atoms with Crippen molar-refractivity contribution in [1.29, 1.82) is 0 Å². The van der Waals surface area contributed by atoms with Gasteiger partial charge in [0.05, 0.1) is 12.3 Å². The van der Waals surface area contributed by atoms with Gasteiger partial charge in [-0.2, -0.15) is 0 Å². The lowest BCUT2D eigenvalue weighted by Crippen LogP contribution is -2.05. The molecule has 5 heteroatoms. The molecule has 0 aliphatic carbocycles. The largest absolute Gasteiger partial charge is 0.491 e. The Balaban J connectivity index is 2.44. The number of para-hydroxylation sites is 2. The van der Waals surface area contributed by atoms with Crippen LogP contribution < -0.4 is 4.74 Å². The molecular formula is C14H17N3O2. The predicted octanol–water partition coefficient (Wildman–Crippen LogP) is 2.57. The number of hydrogen-bond acceptors (Lipinski definition) is 4. The smallest absolute Gasteiger partial charge is 0.181 e. The van der Waals surface area contributed by atoms with Crippen LogP contribution in [0.25, 0.3) is 5.69 Å². The molecule has 0 N–H and O–H groups in total. The number of benzene rings is 1. The Labute approximate surface area is 112 Å². The van der Waals surface area contributed by atoms with Crippen molar-refractivity contribution in [1.82, 2.24) is 15.0 Å². The zero-order valence-corrected chi connectivity index (χ0v) is 11.4. The zero-order chi connectivity index (χ0) is 13.8. The minimum Gasteiger partial charge on any atom is -0.491 e. The highest BCUT2D eigenvalue weighted by Gasteiger charge is 2.15. The standard InChI is InChI=1S/C14H17N3O2/c1-4-9-19-13-8-6-5-7-12(13)17-10(2)14(11(3)18)15-16-17/h5-8H,4,9H2,1-3H3. The SMILES string of the molecule is CCCOc1ccccc1-n1nnc(C(C)=O)c1C. The molecule has 0 spiro atoms. The number of ether oxygens (including phenoxy) is 1. The molecule has 0 saturated heterocycles. The van der Waals surface area contributed by atoms with E-state index >= 15 is 0 Å². The second-order valence-electron chi connectivity index (χ2n) is 4.31. The fourth-order valence-electron chi connectivity index (χ4n) is 1.85. The van der Waals surface area contributed by atoms with E-state index in [-0.39, 0.29) is 5.78 Å². The van der Waals surface area contributed by atoms with Gasteiger partial charge in [-0.15, -0.1) is 5.10 Å². The third-order valence-corrected chi connectivity index (χ3v) is 2.78. The molecule has 0 atom stereocenters. The van der Waals surface area contributed by atoms with Gasteiger partial charge in [-0.05, 0) is 25.5 Å². The molecule has 0 amide bonds. The molecule has 2 rings (SSSR count). The van der Waals surface area contributed by atoms with E-state index in [0.717, 1.165) is 23.6 Å². The van der Waals surface area contributed by atoms with Crippen molar-refractivity contribution in [2.45, 2.75) is 27.2 Å². The van der Waals surface area contributed by atoms with Crippen LogP contribution in [0.5, 0.6) is 5.75 Å². The normalized spacial score (nSPS) is 10.5. The second kappa shape index (κ2) is 5.65. The second-order valence-corrected chi connectivity index (χ2v) is 4.31. The minimum atomic E-state index is -0.0873. The topological polar surface area (TPSA) is 57.0 Å². The van der Waals surface area contributed by atoms with Gasteiger partial charge >= 0.3 is 0 Å². The molecule has 5 nitrogen and oxygen atoms in total. The first-order valence-electron chi connectivity index (χ1n) is 6.30. The fourth-order valence-corrected chi connectivity index (χ4v) is 1.85. The van der Waals surface area contributed by atoms with Crippen LogP contribution >= 0.6 is 0 Å². The lowest BCUT2D eigenvalue weighted by atomic mass is 10.2. The first kappa shape index (κ1) is 13.3. The van der Waals surface area contributed by atoms with Crippen molar-refractivity contribution in [2.24, 2.45) is 0 Å². The summed E-state index contributed by atoms with van der Waals surface area (Å²) in [5.74, 6) is 0.656. The number of Topliss-reactive ketones (excluding diaryl/α,β-unsaturated/α-hetero) is 1. The Morgan fingerprint density at radius 1 is 1.37 bits per heavy atom. The molecule has 0 saturated carbocycles. The Hall–Kier alpha value is -2.17. The van der Waals surface area contributed by atoms with Gasteiger partial charge in [0, 0.05) is 6.92 Å². The summed E-state index contributed by atoms with van der Waals surface area (Å²) in [5.41, 5.74) is 1.92. The molecule has 0 unspecified atom stereocenters. The first-order valence-corrected chi connectivity index (χ1v) is 6.30. The molecule has 1 heterocycles. The predicted molar refractivity (Wildman–Crippen MR) is 71.9 cm³/mol. The average Bonchev–Trinajstić information content (AvgIpc) is 2.78. The van der Waals surface area contributed by atoms with E-state index in [4.69, 9.17) is 4.74 Å². The summed E-state index contributed by atoms with van der Waals surface area (Å²) in [5, 5.41) is 7.96. The van der Waals surface area contributed by atoms with E-state index in [2.05, 4.69) is 17.2 Å². The summed E-state index contributed by atoms with van der Waals surface area (Å²) in [6.45, 7) is 6.01. The molecule has 0 bridgehead atoms. The Morgan fingerprint density at radius 2 is 2.11 bits per heavy atom. The minimum absolute atomic E-state index is 0.0873. The molecular weight excluding hydrogens is 242 g/mol. The van der Waals surface area contributed by atoms with Crippen LogP contribution in [0.4, 0.5) is 0 Å². The number of carbonyl (C=O) groups is 1. The average molecular weight is 259 g/mol. The van der Waals surface area contributed by atoms with Gasteiger partial charge < -0.3 is 4.74 Å². The number of aromatic nitrogens is 3. The van der Waals surface area contributed by atoms with Gasteiger partial charge in [0.15, 0.2) is 11.5 Å². The molecule has 0 fully saturated rings. The summed E-state index contributed by atoms with van der Waals surface area (Å²) >= 11 is 0. The lowest BCUT2D eigenvalue weighted by Gasteiger charge is -2.11. The molecule has 0 radical (unpaired) electrons. The molecule has 1 aromatic carbocycles. The number of carbonyl (C=O) groups excluding carboxylic acids is 1. The summed E-state index contributed by atoms with van der Waals surface area (Å²) in [6, 6.07) is 7.60. The van der Waals surface area contributed by atoms with Gasteiger partial charge in [-0.25, -0.2) is 4.68 Å². The van der Waals surface area contributed by atoms with Gasteiger partial charge in [-0.3, -0.25) is 4.79 Å². The highest BCUT2D eigenvalue weighted by molar-refractivity contribution is 5.93. The van der Waals surface area contributed by atoms with Crippen LogP contribution in [0.15, 0.2) is 24.3 Å². The molecule has 0 aliphatic rings. The molecule has 0 aliphatic heterocycles. The van der Waals surface area contributed by atoms with E-state index in [9.17, 15) is 4.79 Å². The van der Waals surface area contributed by atoms with Gasteiger partial charge in [0.25, 0.3) is 0 Å². The molecule has 2 aromatic rings. The summed E-state index contributed by atoms with van der Waals surface area (Å²) < 4.78 is 7.33. The summed E-state index contributed by atoms with van der Waals surface area (Å²) in [7, 11) is 0. The third kappa shape index (κ3) is 2.65. The van der Waals surface area contributed by atoms with E-state index in [1.807, 2.05) is 31.2 Å². The number of nitrogens with zero attached hydrogens (tertiary/aromatic N) is 3. The molecule has 19 heavy (non-hydrogen) atoms. The number of ketones is 1. The van der Waals surface area contributed by atoms with Crippen molar-refractivity contribution in [3.05, 3.63) is 35.7 Å². The van der Waals surface area contributed by atoms with E-state index < -0.39 is 0 Å². The number of hydrogen-bond donors (Lipinski definition) is 0. The maximum absolute atomic E-state index is 11.4. The van der Waals surface area contributed by atoms with Crippen molar-refractivity contribution in [2.75, 3.05) is 6.61 Å². The van der Waals surface area contributed by atoms with Gasteiger partial charge in [0.2, 0.25) is 0 Å². The van der Waals surface area contributed by atoms with Crippen LogP contribution in [-0.2, 0) is 0 Å². The van der Waals surface area contributed by atoms with Crippen molar-refractivity contribution in [3.63, 3.8) is 0 Å². The van der Waals surface area contributed by atoms with E-state index in [1.165, 1.54) is 6.92 Å². The van der Waals surface area contributed by atoms with Crippen molar-refractivity contribution >= 4 is 5.78 Å². The van der Waals surface area contributed by atoms with Crippen LogP contribution in [0.3, 0.4) is 0 Å². The number of rotatable bonds is 5. The van der Waals surface area contributed by atoms with Crippen LogP contribution in [0, 0.1) is 6.92 Å². The highest BCUT2D eigenvalue weighted by Crippen LogP contribution is 2.23. The highest BCUT2D eigenvalue weighted by atomic mass is 16.5. The monoisotopic (exact) mass is 259 g/mol. The zero-order valence-electron chi connectivity index (χ0n) is 11.4. The van der Waals surface area contributed by atoms with Crippen molar-refractivity contribution < 1.29 is 9.53 Å². The fraction of sp³-hybridized carbons (Fsp3) is 0.357. The maximum Gasteiger partial charge on any atom is 0.181 e. The third-order valence-electron chi connectivity index (χ3n) is 2.78. The van der Waals surface area contributed by atoms with E-state index in [0.29, 0.717) is 12.3 Å². The van der Waals surface area contributed by atoms with Crippen LogP contribution in [0.2, 0.25) is 0 Å². The Bertz CT molecular complexity index is 590. The van der Waals surface area contributed by atoms with E-state index in [1.54, 1.807) is 4.68 Å². The van der Waals surface area contributed by atoms with Gasteiger partial charge in [0.1, 0.15) is 11.4 Å². The quantitative estimate of drug-likeness (QED) is 0.774. The molecule has 100 valence electrons. The lowest BCUT2D eigenvalue weighted by molar-refractivity contribution is 0.101. The van der Waals surface area contributed by atoms with Crippen LogP contribution in [0.1, 0.15) is 36.5 Å². The maximum atomic E-state index is 11.4. The first-order chi connectivity index (χ1) is 9.15. The Kier molecular flexibility index (Phi) is 3.94. The molecule has 1 aromatic heterocycles. The van der Waals surface area contributed by atoms with Crippen molar-refractivity contribution in [3.8, 4) is 11.4 Å².